The predicted molar refractivity (Wildman–Crippen MR) is 123 cm³/mol. The van der Waals surface area contributed by atoms with Crippen LogP contribution in [0, 0.1) is 27.7 Å². The number of fused-ring (bicyclic) bond motifs is 1. The number of aryl methyl sites for hydroxylation is 4. The fraction of sp³-hybridized carbons (Fsp3) is 0.208. The summed E-state index contributed by atoms with van der Waals surface area (Å²) in [7, 11) is 0. The van der Waals surface area contributed by atoms with Crippen molar-refractivity contribution < 1.29 is 4.79 Å². The van der Waals surface area contributed by atoms with Crippen LogP contribution in [0.25, 0.3) is 21.3 Å². The van der Waals surface area contributed by atoms with Gasteiger partial charge in [-0.05, 0) is 50.5 Å². The molecular weight excluding hydrogens is 396 g/mol. The van der Waals surface area contributed by atoms with Gasteiger partial charge in [-0.1, -0.05) is 53.7 Å². The van der Waals surface area contributed by atoms with Gasteiger partial charge in [0.2, 0.25) is 0 Å². The zero-order valence-electron chi connectivity index (χ0n) is 16.9. The molecule has 29 heavy (non-hydrogen) atoms. The summed E-state index contributed by atoms with van der Waals surface area (Å²) in [6.45, 7) is 8.30. The Morgan fingerprint density at radius 3 is 2.45 bits per heavy atom. The van der Waals surface area contributed by atoms with E-state index in [1.807, 2.05) is 25.1 Å². The zero-order valence-corrected chi connectivity index (χ0v) is 18.6. The minimum atomic E-state index is 0.119. The van der Waals surface area contributed by atoms with Crippen molar-refractivity contribution >= 4 is 39.1 Å². The molecule has 0 bridgehead atoms. The number of thioether (sulfide) groups is 1. The second-order valence-electron chi connectivity index (χ2n) is 7.27. The van der Waals surface area contributed by atoms with Crippen molar-refractivity contribution in [2.45, 2.75) is 32.7 Å². The Labute approximate surface area is 179 Å². The molecule has 0 aliphatic carbocycles. The number of rotatable bonds is 5. The highest BCUT2D eigenvalue weighted by Crippen LogP contribution is 2.41. The van der Waals surface area contributed by atoms with Crippen LogP contribution in [0.3, 0.4) is 0 Å². The van der Waals surface area contributed by atoms with Gasteiger partial charge in [-0.25, -0.2) is 9.97 Å². The van der Waals surface area contributed by atoms with Gasteiger partial charge in [0.05, 0.1) is 11.1 Å². The van der Waals surface area contributed by atoms with E-state index in [-0.39, 0.29) is 5.78 Å². The topological polar surface area (TPSA) is 42.9 Å². The summed E-state index contributed by atoms with van der Waals surface area (Å²) in [5.41, 5.74) is 6.66. The normalized spacial score (nSPS) is 11.2. The van der Waals surface area contributed by atoms with Crippen molar-refractivity contribution in [2.75, 3.05) is 5.75 Å². The standard InChI is InChI=1S/C24H22N2OS2/c1-14-5-8-18(9-6-14)21-17(4)29-24-22(21)23(25-13-26-24)28-12-20(27)19-10-7-15(2)16(3)11-19/h5-11,13H,12H2,1-4H3. The van der Waals surface area contributed by atoms with Crippen LogP contribution in [0.1, 0.15) is 31.9 Å². The van der Waals surface area contributed by atoms with Gasteiger partial charge in [0, 0.05) is 16.0 Å². The molecule has 4 aromatic rings. The third-order valence-electron chi connectivity index (χ3n) is 5.14. The highest BCUT2D eigenvalue weighted by molar-refractivity contribution is 8.00. The first-order chi connectivity index (χ1) is 13.9. The van der Waals surface area contributed by atoms with E-state index in [9.17, 15) is 4.79 Å². The lowest BCUT2D eigenvalue weighted by atomic mass is 10.0. The minimum Gasteiger partial charge on any atom is -0.293 e. The molecule has 0 spiro atoms. The number of hydrogen-bond acceptors (Lipinski definition) is 5. The summed E-state index contributed by atoms with van der Waals surface area (Å²) < 4.78 is 0. The van der Waals surface area contributed by atoms with Gasteiger partial charge < -0.3 is 0 Å². The molecule has 2 aromatic carbocycles. The van der Waals surface area contributed by atoms with Crippen molar-refractivity contribution in [3.05, 3.63) is 75.9 Å². The molecule has 0 saturated carbocycles. The van der Waals surface area contributed by atoms with Gasteiger partial charge in [-0.15, -0.1) is 11.3 Å². The molecule has 2 heterocycles. The summed E-state index contributed by atoms with van der Waals surface area (Å²) in [6.07, 6.45) is 1.60. The summed E-state index contributed by atoms with van der Waals surface area (Å²) in [5, 5.41) is 1.92. The van der Waals surface area contributed by atoms with Crippen molar-refractivity contribution in [2.24, 2.45) is 0 Å². The molecule has 2 aromatic heterocycles. The van der Waals surface area contributed by atoms with E-state index in [4.69, 9.17) is 0 Å². The molecule has 0 fully saturated rings. The van der Waals surface area contributed by atoms with E-state index in [1.165, 1.54) is 33.3 Å². The lowest BCUT2D eigenvalue weighted by Gasteiger charge is -2.07. The first-order valence-corrected chi connectivity index (χ1v) is 11.3. The van der Waals surface area contributed by atoms with E-state index < -0.39 is 0 Å². The summed E-state index contributed by atoms with van der Waals surface area (Å²) in [5.74, 6) is 0.477. The Morgan fingerprint density at radius 1 is 0.966 bits per heavy atom. The quantitative estimate of drug-likeness (QED) is 0.209. The second-order valence-corrected chi connectivity index (χ2v) is 9.44. The Morgan fingerprint density at radius 2 is 1.72 bits per heavy atom. The minimum absolute atomic E-state index is 0.119. The Bertz CT molecular complexity index is 1210. The number of hydrogen-bond donors (Lipinski definition) is 0. The Hall–Kier alpha value is -2.50. The largest absolute Gasteiger partial charge is 0.293 e. The Kier molecular flexibility index (Phi) is 5.52. The average molecular weight is 419 g/mol. The fourth-order valence-electron chi connectivity index (χ4n) is 3.33. The molecule has 0 amide bonds. The van der Waals surface area contributed by atoms with Crippen LogP contribution in [0.4, 0.5) is 0 Å². The highest BCUT2D eigenvalue weighted by Gasteiger charge is 2.18. The molecule has 0 unspecified atom stereocenters. The lowest BCUT2D eigenvalue weighted by molar-refractivity contribution is 0.102. The molecule has 5 heteroatoms. The number of benzene rings is 2. The van der Waals surface area contributed by atoms with Crippen LogP contribution < -0.4 is 0 Å². The molecule has 3 nitrogen and oxygen atoms in total. The van der Waals surface area contributed by atoms with Gasteiger partial charge in [-0.3, -0.25) is 4.79 Å². The molecule has 0 atom stereocenters. The molecule has 0 saturated heterocycles. The number of carbonyl (C=O) groups is 1. The van der Waals surface area contributed by atoms with Crippen LogP contribution in [0.5, 0.6) is 0 Å². The zero-order chi connectivity index (χ0) is 20.5. The van der Waals surface area contributed by atoms with Crippen molar-refractivity contribution in [3.63, 3.8) is 0 Å². The van der Waals surface area contributed by atoms with E-state index in [0.717, 1.165) is 31.9 Å². The number of Topliss-reactive ketones (excluding diaryl/α,β-unsaturated/α-hetero) is 1. The first kappa shape index (κ1) is 19.8. The molecule has 0 aliphatic heterocycles. The smallest absolute Gasteiger partial charge is 0.173 e. The summed E-state index contributed by atoms with van der Waals surface area (Å²) >= 11 is 3.17. The molecular formula is C24H22N2OS2. The third kappa shape index (κ3) is 3.98. The third-order valence-corrected chi connectivity index (χ3v) is 7.14. The number of nitrogens with zero attached hydrogens (tertiary/aromatic N) is 2. The molecule has 0 radical (unpaired) electrons. The fourth-order valence-corrected chi connectivity index (χ4v) is 5.30. The number of carbonyl (C=O) groups excluding carboxylic acids is 1. The maximum absolute atomic E-state index is 12.8. The monoisotopic (exact) mass is 418 g/mol. The molecule has 0 N–H and O–H groups in total. The summed E-state index contributed by atoms with van der Waals surface area (Å²) in [6, 6.07) is 14.4. The van der Waals surface area contributed by atoms with E-state index in [1.54, 1.807) is 17.7 Å². The van der Waals surface area contributed by atoms with E-state index in [2.05, 4.69) is 55.0 Å². The number of ketones is 1. The van der Waals surface area contributed by atoms with Gasteiger partial charge >= 0.3 is 0 Å². The van der Waals surface area contributed by atoms with Crippen LogP contribution in [-0.4, -0.2) is 21.5 Å². The first-order valence-electron chi connectivity index (χ1n) is 9.48. The van der Waals surface area contributed by atoms with Crippen LogP contribution >= 0.6 is 23.1 Å². The molecule has 146 valence electrons. The SMILES string of the molecule is Cc1ccc(-c2c(C)sc3ncnc(SCC(=O)c4ccc(C)c(C)c4)c23)cc1. The number of thiophene rings is 1. The number of aromatic nitrogens is 2. The lowest BCUT2D eigenvalue weighted by Crippen LogP contribution is -2.03. The van der Waals surface area contributed by atoms with Crippen LogP contribution in [0.2, 0.25) is 0 Å². The maximum atomic E-state index is 12.8. The van der Waals surface area contributed by atoms with Crippen molar-refractivity contribution in [3.8, 4) is 11.1 Å². The average Bonchev–Trinajstić information content (AvgIpc) is 3.05. The van der Waals surface area contributed by atoms with Crippen molar-refractivity contribution in [1.29, 1.82) is 0 Å². The second kappa shape index (κ2) is 8.09. The van der Waals surface area contributed by atoms with Gasteiger partial charge in [0.1, 0.15) is 16.2 Å². The van der Waals surface area contributed by atoms with E-state index in [0.29, 0.717) is 5.75 Å². The van der Waals surface area contributed by atoms with Gasteiger partial charge in [0.15, 0.2) is 5.78 Å². The van der Waals surface area contributed by atoms with Crippen LogP contribution in [0.15, 0.2) is 53.8 Å². The van der Waals surface area contributed by atoms with Gasteiger partial charge in [0.25, 0.3) is 0 Å². The maximum Gasteiger partial charge on any atom is 0.173 e. The van der Waals surface area contributed by atoms with Crippen molar-refractivity contribution in [1.82, 2.24) is 9.97 Å². The van der Waals surface area contributed by atoms with Gasteiger partial charge in [-0.2, -0.15) is 0 Å². The Balaban J connectivity index is 1.68. The predicted octanol–water partition coefficient (Wildman–Crippen LogP) is 6.57. The summed E-state index contributed by atoms with van der Waals surface area (Å²) in [4.78, 5) is 23.9. The van der Waals surface area contributed by atoms with Crippen LogP contribution in [-0.2, 0) is 0 Å². The highest BCUT2D eigenvalue weighted by atomic mass is 32.2. The van der Waals surface area contributed by atoms with E-state index >= 15 is 0 Å². The molecule has 0 aliphatic rings. The molecule has 4 rings (SSSR count).